The largest absolute Gasteiger partial charge is 0.496 e. The van der Waals surface area contributed by atoms with Crippen LogP contribution in [0.5, 0.6) is 5.75 Å². The maximum atomic E-state index is 13.2. The summed E-state index contributed by atoms with van der Waals surface area (Å²) in [6.45, 7) is 8.30. The number of amidine groups is 1. The average Bonchev–Trinajstić information content (AvgIpc) is 2.72. The summed E-state index contributed by atoms with van der Waals surface area (Å²) in [5, 5.41) is 7.17. The normalized spacial score (nSPS) is 16.2. The lowest BCUT2D eigenvalue weighted by molar-refractivity contribution is -0.113. The zero-order valence-electron chi connectivity index (χ0n) is 18.2. The molecular weight excluding hydrogens is 394 g/mol. The van der Waals surface area contributed by atoms with Gasteiger partial charge in [0.1, 0.15) is 11.8 Å². The van der Waals surface area contributed by atoms with Crippen LogP contribution in [0.25, 0.3) is 0 Å². The van der Waals surface area contributed by atoms with Gasteiger partial charge < -0.3 is 15.4 Å². The predicted octanol–water partition coefficient (Wildman–Crippen LogP) is 5.31. The van der Waals surface area contributed by atoms with Crippen LogP contribution in [0.4, 0.5) is 5.69 Å². The Hall–Kier alpha value is -2.73. The molecule has 0 saturated carbocycles. The van der Waals surface area contributed by atoms with Crippen LogP contribution in [0, 0.1) is 12.8 Å². The van der Waals surface area contributed by atoms with Gasteiger partial charge in [-0.15, -0.1) is 0 Å². The number of amides is 1. The van der Waals surface area contributed by atoms with Crippen molar-refractivity contribution in [1.82, 2.24) is 5.32 Å². The molecule has 0 unspecified atom stereocenters. The first kappa shape index (κ1) is 22.0. The number of anilines is 1. The number of nitrogens with one attached hydrogen (secondary N) is 2. The first-order valence-corrected chi connectivity index (χ1v) is 11.1. The lowest BCUT2D eigenvalue weighted by atomic mass is 9.94. The molecule has 6 heteroatoms. The van der Waals surface area contributed by atoms with Crippen molar-refractivity contribution in [2.75, 3.05) is 18.2 Å². The van der Waals surface area contributed by atoms with Crippen LogP contribution < -0.4 is 15.4 Å². The molecule has 3 rings (SSSR count). The van der Waals surface area contributed by atoms with Crippen molar-refractivity contribution in [3.63, 3.8) is 0 Å². The number of aryl methyl sites for hydroxylation is 1. The molecule has 0 bridgehead atoms. The Morgan fingerprint density at radius 1 is 1.20 bits per heavy atom. The summed E-state index contributed by atoms with van der Waals surface area (Å²) < 4.78 is 5.51. The molecule has 1 aliphatic heterocycles. The topological polar surface area (TPSA) is 62.7 Å². The van der Waals surface area contributed by atoms with Crippen LogP contribution in [0.1, 0.15) is 37.9 Å². The van der Waals surface area contributed by atoms with E-state index in [0.717, 1.165) is 39.2 Å². The number of ether oxygens (including phenoxy) is 1. The zero-order chi connectivity index (χ0) is 21.7. The number of rotatable bonds is 6. The van der Waals surface area contributed by atoms with Gasteiger partial charge in [-0.05, 0) is 49.1 Å². The summed E-state index contributed by atoms with van der Waals surface area (Å²) in [5.41, 5.74) is 4.16. The first-order valence-electron chi connectivity index (χ1n) is 10.1. The number of para-hydroxylation sites is 1. The SMILES string of the molecule is COc1cc([C@@H]2N=C(SCC(C)C)NC(C)=C2C(=O)Nc2ccccc2)ccc1C. The van der Waals surface area contributed by atoms with E-state index in [9.17, 15) is 4.79 Å². The Bertz CT molecular complexity index is 968. The average molecular weight is 424 g/mol. The fourth-order valence-electron chi connectivity index (χ4n) is 3.23. The number of carbonyl (C=O) groups excluding carboxylic acids is 1. The van der Waals surface area contributed by atoms with E-state index < -0.39 is 6.04 Å². The van der Waals surface area contributed by atoms with Gasteiger partial charge in [0.2, 0.25) is 0 Å². The summed E-state index contributed by atoms with van der Waals surface area (Å²) >= 11 is 1.68. The Morgan fingerprint density at radius 2 is 1.93 bits per heavy atom. The lowest BCUT2D eigenvalue weighted by Gasteiger charge is -2.27. The third-order valence-electron chi connectivity index (χ3n) is 4.80. The highest BCUT2D eigenvalue weighted by molar-refractivity contribution is 8.13. The molecule has 1 atom stereocenters. The molecule has 1 amide bonds. The molecule has 30 heavy (non-hydrogen) atoms. The highest BCUT2D eigenvalue weighted by atomic mass is 32.2. The van der Waals surface area contributed by atoms with Crippen molar-refractivity contribution in [3.05, 3.63) is 70.9 Å². The predicted molar refractivity (Wildman–Crippen MR) is 126 cm³/mol. The monoisotopic (exact) mass is 423 g/mol. The van der Waals surface area contributed by atoms with Gasteiger partial charge in [0, 0.05) is 17.1 Å². The summed E-state index contributed by atoms with van der Waals surface area (Å²) in [6.07, 6.45) is 0. The van der Waals surface area contributed by atoms with Crippen molar-refractivity contribution < 1.29 is 9.53 Å². The maximum Gasteiger partial charge on any atom is 0.255 e. The van der Waals surface area contributed by atoms with Crippen LogP contribution >= 0.6 is 11.8 Å². The molecule has 0 spiro atoms. The highest BCUT2D eigenvalue weighted by Crippen LogP contribution is 2.35. The van der Waals surface area contributed by atoms with Crippen LogP contribution in [-0.4, -0.2) is 23.9 Å². The summed E-state index contributed by atoms with van der Waals surface area (Å²) in [6, 6.07) is 15.1. The zero-order valence-corrected chi connectivity index (χ0v) is 19.0. The molecule has 2 N–H and O–H groups in total. The van der Waals surface area contributed by atoms with Crippen molar-refractivity contribution in [3.8, 4) is 5.75 Å². The third kappa shape index (κ3) is 5.25. The molecule has 5 nitrogen and oxygen atoms in total. The van der Waals surface area contributed by atoms with E-state index in [1.165, 1.54) is 0 Å². The van der Waals surface area contributed by atoms with E-state index in [4.69, 9.17) is 9.73 Å². The molecule has 0 fully saturated rings. The van der Waals surface area contributed by atoms with Gasteiger partial charge in [-0.2, -0.15) is 0 Å². The minimum Gasteiger partial charge on any atom is -0.496 e. The molecule has 2 aromatic carbocycles. The van der Waals surface area contributed by atoms with E-state index in [2.05, 4.69) is 24.5 Å². The number of hydrogen-bond acceptors (Lipinski definition) is 5. The summed E-state index contributed by atoms with van der Waals surface area (Å²) in [7, 11) is 1.66. The van der Waals surface area contributed by atoms with Crippen molar-refractivity contribution in [1.29, 1.82) is 0 Å². The highest BCUT2D eigenvalue weighted by Gasteiger charge is 2.30. The Balaban J connectivity index is 1.98. The quantitative estimate of drug-likeness (QED) is 0.661. The molecule has 0 aliphatic carbocycles. The number of benzene rings is 2. The molecule has 0 radical (unpaired) electrons. The van der Waals surface area contributed by atoms with Crippen molar-refractivity contribution in [2.24, 2.45) is 10.9 Å². The minimum atomic E-state index is -0.404. The molecule has 1 heterocycles. The number of hydrogen-bond donors (Lipinski definition) is 2. The number of methoxy groups -OCH3 is 1. The Labute approximate surface area is 183 Å². The van der Waals surface area contributed by atoms with Crippen LogP contribution in [0.3, 0.4) is 0 Å². The Kier molecular flexibility index (Phi) is 7.21. The van der Waals surface area contributed by atoms with Gasteiger partial charge in [-0.25, -0.2) is 4.99 Å². The Morgan fingerprint density at radius 3 is 2.60 bits per heavy atom. The number of thioether (sulfide) groups is 1. The fourth-order valence-corrected chi connectivity index (χ4v) is 4.12. The minimum absolute atomic E-state index is 0.160. The lowest BCUT2D eigenvalue weighted by Crippen LogP contribution is -2.32. The third-order valence-corrected chi connectivity index (χ3v) is 6.11. The van der Waals surface area contributed by atoms with Gasteiger partial charge in [-0.3, -0.25) is 4.79 Å². The van der Waals surface area contributed by atoms with Gasteiger partial charge in [0.15, 0.2) is 5.17 Å². The standard InChI is InChI=1S/C24H29N3O2S/c1-15(2)14-30-24-25-17(4)21(23(28)26-19-9-7-6-8-10-19)22(27-24)18-12-11-16(3)20(13-18)29-5/h6-13,15,22H,14H2,1-5H3,(H,25,27)(H,26,28)/t22-/m0/s1. The smallest absolute Gasteiger partial charge is 0.255 e. The van der Waals surface area contributed by atoms with E-state index in [0.29, 0.717) is 11.5 Å². The van der Waals surface area contributed by atoms with E-state index in [-0.39, 0.29) is 5.91 Å². The molecule has 158 valence electrons. The molecule has 1 aliphatic rings. The molecule has 2 aromatic rings. The van der Waals surface area contributed by atoms with Crippen LogP contribution in [0.15, 0.2) is 64.8 Å². The van der Waals surface area contributed by atoms with Gasteiger partial charge in [0.25, 0.3) is 5.91 Å². The second kappa shape index (κ2) is 9.85. The second-order valence-electron chi connectivity index (χ2n) is 7.75. The summed E-state index contributed by atoms with van der Waals surface area (Å²) in [4.78, 5) is 18.2. The molecular formula is C24H29N3O2S. The van der Waals surface area contributed by atoms with Crippen LogP contribution in [0.2, 0.25) is 0 Å². The van der Waals surface area contributed by atoms with Gasteiger partial charge in [-0.1, -0.05) is 55.9 Å². The van der Waals surface area contributed by atoms with E-state index in [1.54, 1.807) is 18.9 Å². The fraction of sp³-hybridized carbons (Fsp3) is 0.333. The van der Waals surface area contributed by atoms with Crippen molar-refractivity contribution in [2.45, 2.75) is 33.7 Å². The van der Waals surface area contributed by atoms with Gasteiger partial charge >= 0.3 is 0 Å². The number of nitrogens with zero attached hydrogens (tertiary/aromatic N) is 1. The van der Waals surface area contributed by atoms with E-state index in [1.807, 2.05) is 62.4 Å². The number of aliphatic imine (C=N–C) groups is 1. The van der Waals surface area contributed by atoms with Crippen LogP contribution in [-0.2, 0) is 4.79 Å². The van der Waals surface area contributed by atoms with Gasteiger partial charge in [0.05, 0.1) is 12.7 Å². The van der Waals surface area contributed by atoms with E-state index >= 15 is 0 Å². The van der Waals surface area contributed by atoms with Crippen molar-refractivity contribution >= 4 is 28.5 Å². The molecule has 0 saturated heterocycles. The maximum absolute atomic E-state index is 13.2. The first-order chi connectivity index (χ1) is 14.4. The molecule has 0 aromatic heterocycles. The number of allylic oxidation sites excluding steroid dienone is 1. The second-order valence-corrected chi connectivity index (χ2v) is 8.76. The summed E-state index contributed by atoms with van der Waals surface area (Å²) in [5.74, 6) is 2.13. The number of carbonyl (C=O) groups is 1.